The van der Waals surface area contributed by atoms with Crippen LogP contribution in [0.15, 0.2) is 185 Å². The molecule has 0 saturated carbocycles. The number of anilines is 3. The summed E-state index contributed by atoms with van der Waals surface area (Å²) >= 11 is 0. The molecule has 51 heavy (non-hydrogen) atoms. The number of para-hydroxylation sites is 2. The van der Waals surface area contributed by atoms with Gasteiger partial charge < -0.3 is 13.7 Å². The molecular formula is C48H29NO2. The molecule has 0 unspecified atom stereocenters. The number of hydrogen-bond donors (Lipinski definition) is 0. The minimum absolute atomic E-state index is 0.858. The quantitative estimate of drug-likeness (QED) is 0.177. The molecule has 0 amide bonds. The van der Waals surface area contributed by atoms with Crippen LogP contribution in [0.5, 0.6) is 0 Å². The predicted octanol–water partition coefficient (Wildman–Crippen LogP) is 14.1. The molecule has 0 aliphatic rings. The van der Waals surface area contributed by atoms with E-state index in [-0.39, 0.29) is 0 Å². The molecule has 11 rings (SSSR count). The fraction of sp³-hybridized carbons (Fsp3) is 0. The summed E-state index contributed by atoms with van der Waals surface area (Å²) in [6.07, 6.45) is 0. The Morgan fingerprint density at radius 2 is 0.725 bits per heavy atom. The molecule has 0 radical (unpaired) electrons. The topological polar surface area (TPSA) is 29.5 Å². The molecule has 0 aliphatic carbocycles. The van der Waals surface area contributed by atoms with Gasteiger partial charge in [0.2, 0.25) is 0 Å². The van der Waals surface area contributed by atoms with Gasteiger partial charge in [-0.1, -0.05) is 109 Å². The zero-order chi connectivity index (χ0) is 33.5. The number of nitrogens with zero attached hydrogens (tertiary/aromatic N) is 1. The third-order valence-electron chi connectivity index (χ3n) is 10.4. The van der Waals surface area contributed by atoms with Crippen molar-refractivity contribution in [3.63, 3.8) is 0 Å². The van der Waals surface area contributed by atoms with Crippen molar-refractivity contribution >= 4 is 93.3 Å². The maximum absolute atomic E-state index is 6.35. The van der Waals surface area contributed by atoms with Crippen LogP contribution in [0.25, 0.3) is 87.3 Å². The normalized spacial score (nSPS) is 11.9. The van der Waals surface area contributed by atoms with Gasteiger partial charge in [-0.25, -0.2) is 0 Å². The van der Waals surface area contributed by atoms with Gasteiger partial charge in [0.1, 0.15) is 22.3 Å². The van der Waals surface area contributed by atoms with E-state index in [1.807, 2.05) is 24.3 Å². The van der Waals surface area contributed by atoms with Gasteiger partial charge in [-0.15, -0.1) is 0 Å². The summed E-state index contributed by atoms with van der Waals surface area (Å²) in [7, 11) is 0. The van der Waals surface area contributed by atoms with Crippen LogP contribution < -0.4 is 4.90 Å². The zero-order valence-corrected chi connectivity index (χ0v) is 27.5. The van der Waals surface area contributed by atoms with Crippen molar-refractivity contribution in [2.45, 2.75) is 0 Å². The van der Waals surface area contributed by atoms with E-state index in [4.69, 9.17) is 8.83 Å². The van der Waals surface area contributed by atoms with Gasteiger partial charge in [-0.2, -0.15) is 0 Å². The van der Waals surface area contributed by atoms with E-state index in [1.54, 1.807) is 0 Å². The first-order chi connectivity index (χ1) is 25.2. The van der Waals surface area contributed by atoms with Crippen LogP contribution in [-0.2, 0) is 0 Å². The molecule has 3 heteroatoms. The number of furan rings is 2. The van der Waals surface area contributed by atoms with Crippen molar-refractivity contribution in [1.29, 1.82) is 0 Å². The molecule has 3 nitrogen and oxygen atoms in total. The maximum Gasteiger partial charge on any atom is 0.137 e. The number of rotatable bonds is 4. The van der Waals surface area contributed by atoms with E-state index in [0.29, 0.717) is 0 Å². The molecule has 0 fully saturated rings. The second kappa shape index (κ2) is 10.8. The molecule has 11 aromatic rings. The maximum atomic E-state index is 6.35. The highest BCUT2D eigenvalue weighted by Crippen LogP contribution is 2.42. The molecule has 0 atom stereocenters. The van der Waals surface area contributed by atoms with Crippen molar-refractivity contribution in [3.05, 3.63) is 176 Å². The summed E-state index contributed by atoms with van der Waals surface area (Å²) in [5, 5.41) is 12.1. The lowest BCUT2D eigenvalue weighted by Gasteiger charge is -2.25. The fourth-order valence-corrected chi connectivity index (χ4v) is 7.96. The van der Waals surface area contributed by atoms with E-state index in [1.165, 1.54) is 43.4 Å². The third kappa shape index (κ3) is 4.38. The number of benzene rings is 9. The highest BCUT2D eigenvalue weighted by molar-refractivity contribution is 6.18. The van der Waals surface area contributed by atoms with E-state index in [9.17, 15) is 0 Å². The van der Waals surface area contributed by atoms with Crippen LogP contribution >= 0.6 is 0 Å². The highest BCUT2D eigenvalue weighted by Gasteiger charge is 2.18. The lowest BCUT2D eigenvalue weighted by atomic mass is 9.94. The van der Waals surface area contributed by atoms with Crippen LogP contribution in [-0.4, -0.2) is 0 Å². The molecule has 238 valence electrons. The van der Waals surface area contributed by atoms with Gasteiger partial charge in [0.15, 0.2) is 0 Å². The van der Waals surface area contributed by atoms with Crippen molar-refractivity contribution < 1.29 is 8.83 Å². The fourth-order valence-electron chi connectivity index (χ4n) is 7.96. The Labute approximate surface area is 293 Å². The van der Waals surface area contributed by atoms with Crippen molar-refractivity contribution in [2.75, 3.05) is 4.90 Å². The molecule has 0 bridgehead atoms. The standard InChI is InChI=1S/C48H29NO2/c1-2-8-37-31(7-1)17-24-39-38(37)23-18-32-13-14-33(27-44(32)39)30-15-19-34(20-16-30)49(35-21-25-42-40-9-3-5-11-45(40)50-47(42)28-35)36-22-26-43-41-10-4-6-12-46(41)51-48(43)29-36/h1-29H. The van der Waals surface area contributed by atoms with Gasteiger partial charge in [0.25, 0.3) is 0 Å². The van der Waals surface area contributed by atoms with Crippen LogP contribution in [0.4, 0.5) is 17.1 Å². The number of hydrogen-bond acceptors (Lipinski definition) is 3. The van der Waals surface area contributed by atoms with E-state index in [0.717, 1.165) is 60.9 Å². The number of fused-ring (bicyclic) bond motifs is 11. The first-order valence-electron chi connectivity index (χ1n) is 17.3. The molecule has 0 N–H and O–H groups in total. The van der Waals surface area contributed by atoms with E-state index >= 15 is 0 Å². The van der Waals surface area contributed by atoms with Crippen LogP contribution in [0.3, 0.4) is 0 Å². The van der Waals surface area contributed by atoms with Gasteiger partial charge in [-0.05, 0) is 98.0 Å². The summed E-state index contributed by atoms with van der Waals surface area (Å²) < 4.78 is 12.7. The SMILES string of the molecule is c1ccc2c(c1)ccc1c3cc(-c4ccc(N(c5ccc6c(c5)oc5ccccc56)c5ccc6c(c5)oc5ccccc56)cc4)ccc3ccc21. The predicted molar refractivity (Wildman–Crippen MR) is 214 cm³/mol. The Hall–Kier alpha value is -6.84. The van der Waals surface area contributed by atoms with Crippen molar-refractivity contribution in [3.8, 4) is 11.1 Å². The van der Waals surface area contributed by atoms with Crippen molar-refractivity contribution in [2.24, 2.45) is 0 Å². The molecule has 2 aromatic heterocycles. The summed E-state index contributed by atoms with van der Waals surface area (Å²) in [6.45, 7) is 0. The average Bonchev–Trinajstić information content (AvgIpc) is 3.75. The summed E-state index contributed by atoms with van der Waals surface area (Å²) in [6, 6.07) is 62.7. The van der Waals surface area contributed by atoms with Crippen LogP contribution in [0.2, 0.25) is 0 Å². The lowest BCUT2D eigenvalue weighted by molar-refractivity contribution is 0.669. The largest absolute Gasteiger partial charge is 0.456 e. The summed E-state index contributed by atoms with van der Waals surface area (Å²) in [4.78, 5) is 2.28. The first-order valence-corrected chi connectivity index (χ1v) is 17.3. The monoisotopic (exact) mass is 651 g/mol. The molecule has 0 spiro atoms. The second-order valence-corrected chi connectivity index (χ2v) is 13.3. The molecular weight excluding hydrogens is 623 g/mol. The molecule has 0 aliphatic heterocycles. The summed E-state index contributed by atoms with van der Waals surface area (Å²) in [5.41, 5.74) is 8.91. The van der Waals surface area contributed by atoms with Crippen molar-refractivity contribution in [1.82, 2.24) is 0 Å². The Bertz CT molecular complexity index is 3030. The van der Waals surface area contributed by atoms with E-state index in [2.05, 4.69) is 157 Å². The molecule has 2 heterocycles. The average molecular weight is 652 g/mol. The van der Waals surface area contributed by atoms with Gasteiger partial charge in [0, 0.05) is 50.7 Å². The Morgan fingerprint density at radius 3 is 1.37 bits per heavy atom. The Balaban J connectivity index is 1.05. The second-order valence-electron chi connectivity index (χ2n) is 13.3. The lowest BCUT2D eigenvalue weighted by Crippen LogP contribution is -2.09. The minimum atomic E-state index is 0.858. The Morgan fingerprint density at radius 1 is 0.275 bits per heavy atom. The minimum Gasteiger partial charge on any atom is -0.456 e. The van der Waals surface area contributed by atoms with Crippen LogP contribution in [0, 0.1) is 0 Å². The Kier molecular flexibility index (Phi) is 5.96. The van der Waals surface area contributed by atoms with E-state index < -0.39 is 0 Å². The van der Waals surface area contributed by atoms with Gasteiger partial charge in [0.05, 0.1) is 0 Å². The third-order valence-corrected chi connectivity index (χ3v) is 10.4. The zero-order valence-electron chi connectivity index (χ0n) is 27.5. The molecule has 9 aromatic carbocycles. The smallest absolute Gasteiger partial charge is 0.137 e. The van der Waals surface area contributed by atoms with Gasteiger partial charge >= 0.3 is 0 Å². The summed E-state index contributed by atoms with van der Waals surface area (Å²) in [5.74, 6) is 0. The van der Waals surface area contributed by atoms with Gasteiger partial charge in [-0.3, -0.25) is 0 Å². The molecule has 0 saturated heterocycles. The van der Waals surface area contributed by atoms with Crippen LogP contribution in [0.1, 0.15) is 0 Å². The first kappa shape index (κ1) is 28.0. The highest BCUT2D eigenvalue weighted by atomic mass is 16.3.